The third kappa shape index (κ3) is 1.68. The molecule has 0 saturated heterocycles. The van der Waals surface area contributed by atoms with Crippen LogP contribution in [0.25, 0.3) is 10.1 Å². The predicted octanol–water partition coefficient (Wildman–Crippen LogP) is 2.67. The fraction of sp³-hybridized carbons (Fsp3) is 0.182. The standard InChI is InChI=1S/C11H11NO2S/c1-12(2)8-4-3-5-9-7(8)6-10(15-9)11(13)14/h3-6H,1-2H3,(H,13,14). The van der Waals surface area contributed by atoms with Gasteiger partial charge in [-0.15, -0.1) is 11.3 Å². The molecule has 1 N–H and O–H groups in total. The molecule has 0 atom stereocenters. The summed E-state index contributed by atoms with van der Waals surface area (Å²) >= 11 is 1.31. The quantitative estimate of drug-likeness (QED) is 0.847. The lowest BCUT2D eigenvalue weighted by Crippen LogP contribution is -2.08. The minimum atomic E-state index is -0.860. The van der Waals surface area contributed by atoms with Crippen molar-refractivity contribution in [3.05, 3.63) is 29.1 Å². The highest BCUT2D eigenvalue weighted by molar-refractivity contribution is 7.20. The average molecular weight is 221 g/mol. The summed E-state index contributed by atoms with van der Waals surface area (Å²) < 4.78 is 1.01. The van der Waals surface area contributed by atoms with Gasteiger partial charge in [0.1, 0.15) is 4.88 Å². The zero-order chi connectivity index (χ0) is 11.0. The smallest absolute Gasteiger partial charge is 0.345 e. The topological polar surface area (TPSA) is 40.5 Å². The van der Waals surface area contributed by atoms with Crippen molar-refractivity contribution in [2.45, 2.75) is 0 Å². The number of carbonyl (C=O) groups is 1. The van der Waals surface area contributed by atoms with Gasteiger partial charge in [-0.3, -0.25) is 0 Å². The number of carboxylic acids is 1. The number of rotatable bonds is 2. The van der Waals surface area contributed by atoms with Gasteiger partial charge in [0.2, 0.25) is 0 Å². The van der Waals surface area contributed by atoms with Gasteiger partial charge in [-0.05, 0) is 18.2 Å². The fourth-order valence-corrected chi connectivity index (χ4v) is 2.46. The molecule has 0 bridgehead atoms. The number of hydrogen-bond acceptors (Lipinski definition) is 3. The molecule has 15 heavy (non-hydrogen) atoms. The van der Waals surface area contributed by atoms with Crippen LogP contribution in [0.2, 0.25) is 0 Å². The minimum Gasteiger partial charge on any atom is -0.477 e. The Labute approximate surface area is 91.6 Å². The van der Waals surface area contributed by atoms with Crippen LogP contribution in [0, 0.1) is 0 Å². The maximum Gasteiger partial charge on any atom is 0.345 e. The van der Waals surface area contributed by atoms with Crippen LogP contribution >= 0.6 is 11.3 Å². The van der Waals surface area contributed by atoms with Gasteiger partial charge in [0, 0.05) is 29.9 Å². The molecule has 0 radical (unpaired) electrons. The number of aromatic carboxylic acids is 1. The summed E-state index contributed by atoms with van der Waals surface area (Å²) in [5, 5.41) is 9.92. The number of carboxylic acid groups (broad SMARTS) is 1. The predicted molar refractivity (Wildman–Crippen MR) is 63.1 cm³/mol. The third-order valence-electron chi connectivity index (χ3n) is 2.23. The van der Waals surface area contributed by atoms with Gasteiger partial charge in [-0.25, -0.2) is 4.79 Å². The van der Waals surface area contributed by atoms with Gasteiger partial charge < -0.3 is 10.0 Å². The lowest BCUT2D eigenvalue weighted by molar-refractivity contribution is 0.0702. The van der Waals surface area contributed by atoms with Crippen molar-refractivity contribution >= 4 is 33.1 Å². The van der Waals surface area contributed by atoms with Crippen molar-refractivity contribution in [1.29, 1.82) is 0 Å². The first-order valence-corrected chi connectivity index (χ1v) is 5.34. The summed E-state index contributed by atoms with van der Waals surface area (Å²) in [5.74, 6) is -0.860. The molecule has 2 rings (SSSR count). The first-order chi connectivity index (χ1) is 7.09. The zero-order valence-electron chi connectivity index (χ0n) is 8.52. The highest BCUT2D eigenvalue weighted by Crippen LogP contribution is 2.32. The highest BCUT2D eigenvalue weighted by Gasteiger charge is 2.11. The van der Waals surface area contributed by atoms with Gasteiger partial charge in [0.25, 0.3) is 0 Å². The van der Waals surface area contributed by atoms with Crippen molar-refractivity contribution in [3.63, 3.8) is 0 Å². The van der Waals surface area contributed by atoms with E-state index in [1.807, 2.05) is 37.2 Å². The van der Waals surface area contributed by atoms with Crippen LogP contribution < -0.4 is 4.90 Å². The average Bonchev–Trinajstić information content (AvgIpc) is 2.60. The lowest BCUT2D eigenvalue weighted by Gasteiger charge is -2.13. The molecule has 0 aliphatic rings. The summed E-state index contributed by atoms with van der Waals surface area (Å²) in [5.41, 5.74) is 1.05. The summed E-state index contributed by atoms with van der Waals surface area (Å²) in [6.45, 7) is 0. The minimum absolute atomic E-state index is 0.388. The molecule has 0 fully saturated rings. The highest BCUT2D eigenvalue weighted by atomic mass is 32.1. The van der Waals surface area contributed by atoms with Crippen LogP contribution in [-0.2, 0) is 0 Å². The molecule has 1 aromatic carbocycles. The first kappa shape index (κ1) is 9.98. The Balaban J connectivity index is 2.69. The molecule has 0 saturated carbocycles. The molecule has 0 amide bonds. The lowest BCUT2D eigenvalue weighted by atomic mass is 10.2. The molecular weight excluding hydrogens is 210 g/mol. The second kappa shape index (κ2) is 3.55. The second-order valence-corrected chi connectivity index (χ2v) is 4.58. The van der Waals surface area contributed by atoms with E-state index < -0.39 is 5.97 Å². The molecule has 0 aliphatic heterocycles. The number of benzene rings is 1. The largest absolute Gasteiger partial charge is 0.477 e. The third-order valence-corrected chi connectivity index (χ3v) is 3.32. The summed E-state index contributed by atoms with van der Waals surface area (Å²) in [6.07, 6.45) is 0. The number of anilines is 1. The van der Waals surface area contributed by atoms with E-state index in [1.165, 1.54) is 11.3 Å². The maximum atomic E-state index is 10.8. The molecule has 1 heterocycles. The molecular formula is C11H11NO2S. The van der Waals surface area contributed by atoms with Crippen LogP contribution in [0.3, 0.4) is 0 Å². The van der Waals surface area contributed by atoms with E-state index in [4.69, 9.17) is 5.11 Å². The molecule has 1 aromatic heterocycles. The van der Waals surface area contributed by atoms with Gasteiger partial charge in [-0.1, -0.05) is 6.07 Å². The molecule has 78 valence electrons. The Morgan fingerprint density at radius 3 is 2.73 bits per heavy atom. The summed E-state index contributed by atoms with van der Waals surface area (Å²) in [4.78, 5) is 13.2. The maximum absolute atomic E-state index is 10.8. The van der Waals surface area contributed by atoms with Crippen molar-refractivity contribution in [2.24, 2.45) is 0 Å². The Morgan fingerprint density at radius 2 is 2.13 bits per heavy atom. The number of hydrogen-bond donors (Lipinski definition) is 1. The Morgan fingerprint density at radius 1 is 1.40 bits per heavy atom. The van der Waals surface area contributed by atoms with E-state index in [0.29, 0.717) is 4.88 Å². The van der Waals surface area contributed by atoms with Crippen molar-refractivity contribution < 1.29 is 9.90 Å². The molecule has 0 aliphatic carbocycles. The van der Waals surface area contributed by atoms with E-state index in [0.717, 1.165) is 15.8 Å². The number of thiophene rings is 1. The van der Waals surface area contributed by atoms with Crippen LogP contribution in [0.5, 0.6) is 0 Å². The van der Waals surface area contributed by atoms with Crippen LogP contribution in [-0.4, -0.2) is 25.2 Å². The summed E-state index contributed by atoms with van der Waals surface area (Å²) in [7, 11) is 3.90. The Hall–Kier alpha value is -1.55. The van der Waals surface area contributed by atoms with Crippen molar-refractivity contribution in [2.75, 3.05) is 19.0 Å². The molecule has 3 nitrogen and oxygen atoms in total. The van der Waals surface area contributed by atoms with E-state index in [1.54, 1.807) is 6.07 Å². The molecule has 0 spiro atoms. The van der Waals surface area contributed by atoms with Gasteiger partial charge in [0.15, 0.2) is 0 Å². The van der Waals surface area contributed by atoms with E-state index >= 15 is 0 Å². The molecule has 0 unspecified atom stereocenters. The second-order valence-electron chi connectivity index (χ2n) is 3.50. The van der Waals surface area contributed by atoms with Crippen LogP contribution in [0.1, 0.15) is 9.67 Å². The van der Waals surface area contributed by atoms with Crippen molar-refractivity contribution in [1.82, 2.24) is 0 Å². The van der Waals surface area contributed by atoms with E-state index in [-0.39, 0.29) is 0 Å². The molecule has 4 heteroatoms. The molecule has 2 aromatic rings. The Bertz CT molecular complexity index is 516. The monoisotopic (exact) mass is 221 g/mol. The first-order valence-electron chi connectivity index (χ1n) is 4.53. The van der Waals surface area contributed by atoms with Crippen LogP contribution in [0.4, 0.5) is 5.69 Å². The van der Waals surface area contributed by atoms with Crippen molar-refractivity contribution in [3.8, 4) is 0 Å². The van der Waals surface area contributed by atoms with Gasteiger partial charge in [0.05, 0.1) is 0 Å². The number of fused-ring (bicyclic) bond motifs is 1. The van der Waals surface area contributed by atoms with Crippen LogP contribution in [0.15, 0.2) is 24.3 Å². The van der Waals surface area contributed by atoms with Gasteiger partial charge in [-0.2, -0.15) is 0 Å². The van der Waals surface area contributed by atoms with Gasteiger partial charge >= 0.3 is 5.97 Å². The van der Waals surface area contributed by atoms with E-state index in [2.05, 4.69) is 0 Å². The normalized spacial score (nSPS) is 10.5. The fourth-order valence-electron chi connectivity index (χ4n) is 1.54. The number of nitrogens with zero attached hydrogens (tertiary/aromatic N) is 1. The Kier molecular flexibility index (Phi) is 2.36. The van der Waals surface area contributed by atoms with E-state index in [9.17, 15) is 4.79 Å². The SMILES string of the molecule is CN(C)c1cccc2sc(C(=O)O)cc12. The zero-order valence-corrected chi connectivity index (χ0v) is 9.34. The summed E-state index contributed by atoms with van der Waals surface area (Å²) in [6, 6.07) is 7.61.